The van der Waals surface area contributed by atoms with E-state index in [2.05, 4.69) is 15.0 Å². The Hall–Kier alpha value is -4.45. The summed E-state index contributed by atoms with van der Waals surface area (Å²) in [5.41, 5.74) is 0.778. The molecule has 0 aliphatic rings. The highest BCUT2D eigenvalue weighted by atomic mass is 35.5. The highest BCUT2D eigenvalue weighted by Crippen LogP contribution is 2.36. The quantitative estimate of drug-likeness (QED) is 0.152. The molecule has 4 aromatic rings. The Bertz CT molecular complexity index is 1530. The summed E-state index contributed by atoms with van der Waals surface area (Å²) in [6, 6.07) is 14.3. The Morgan fingerprint density at radius 3 is 1.32 bits per heavy atom. The van der Waals surface area contributed by atoms with Crippen molar-refractivity contribution in [2.24, 2.45) is 0 Å². The van der Waals surface area contributed by atoms with E-state index in [0.717, 1.165) is 0 Å². The maximum atomic E-state index is 11.5. The summed E-state index contributed by atoms with van der Waals surface area (Å²) < 4.78 is 15.1. The van der Waals surface area contributed by atoms with Crippen LogP contribution >= 0.6 is 34.8 Å². The molecule has 4 rings (SSSR count). The van der Waals surface area contributed by atoms with Crippen LogP contribution in [0.3, 0.4) is 0 Å². The maximum absolute atomic E-state index is 11.5. The molecule has 0 saturated carbocycles. The minimum absolute atomic E-state index is 0.00686. The maximum Gasteiger partial charge on any atom is 0.326 e. The summed E-state index contributed by atoms with van der Waals surface area (Å²) in [4.78, 5) is 47.9. The standard InChI is InChI=1S/C27H18Cl3N3O8/c28-11-22(36)39-15-3-1-14(2-4-15)25-31-26(18-7-5-16(9-20(18)34)40-23(37)12-29)33-27(32-25)19-8-6-17(10-21(19)35)41-24(38)13-30/h1-10,34-35H,11-13H2. The van der Waals surface area contributed by atoms with Crippen molar-refractivity contribution in [2.45, 2.75) is 0 Å². The highest BCUT2D eigenvalue weighted by molar-refractivity contribution is 6.27. The van der Waals surface area contributed by atoms with Gasteiger partial charge in [-0.2, -0.15) is 0 Å². The number of benzene rings is 3. The number of hydrogen-bond donors (Lipinski definition) is 2. The molecule has 0 unspecified atom stereocenters. The Labute approximate surface area is 247 Å². The lowest BCUT2D eigenvalue weighted by molar-refractivity contribution is -0.132. The Morgan fingerprint density at radius 2 is 0.927 bits per heavy atom. The van der Waals surface area contributed by atoms with Gasteiger partial charge in [-0.3, -0.25) is 14.4 Å². The van der Waals surface area contributed by atoms with Crippen LogP contribution in [0.25, 0.3) is 34.2 Å². The summed E-state index contributed by atoms with van der Waals surface area (Å²) in [6.45, 7) is 0. The minimum Gasteiger partial charge on any atom is -0.507 e. The van der Waals surface area contributed by atoms with E-state index in [0.29, 0.717) is 5.56 Å². The number of ether oxygens (including phenoxy) is 3. The van der Waals surface area contributed by atoms with E-state index < -0.39 is 17.9 Å². The normalized spacial score (nSPS) is 10.6. The molecular weight excluding hydrogens is 601 g/mol. The molecule has 0 aliphatic carbocycles. The number of rotatable bonds is 9. The first-order valence-corrected chi connectivity index (χ1v) is 13.1. The zero-order valence-electron chi connectivity index (χ0n) is 20.7. The Morgan fingerprint density at radius 1 is 0.561 bits per heavy atom. The first-order chi connectivity index (χ1) is 19.7. The van der Waals surface area contributed by atoms with Gasteiger partial charge in [0, 0.05) is 17.7 Å². The van der Waals surface area contributed by atoms with E-state index in [4.69, 9.17) is 49.0 Å². The predicted octanol–water partition coefficient (Wildman–Crippen LogP) is 4.72. The van der Waals surface area contributed by atoms with Crippen molar-refractivity contribution in [2.75, 3.05) is 17.6 Å². The Kier molecular flexibility index (Phi) is 9.56. The minimum atomic E-state index is -0.709. The third-order valence-electron chi connectivity index (χ3n) is 5.19. The van der Waals surface area contributed by atoms with Crippen LogP contribution in [0.15, 0.2) is 60.7 Å². The molecule has 1 aromatic heterocycles. The number of phenolic OH excluding ortho intramolecular Hbond substituents is 2. The molecule has 210 valence electrons. The van der Waals surface area contributed by atoms with Crippen molar-refractivity contribution >= 4 is 52.7 Å². The molecule has 3 aromatic carbocycles. The van der Waals surface area contributed by atoms with Crippen molar-refractivity contribution in [1.82, 2.24) is 15.0 Å². The molecule has 41 heavy (non-hydrogen) atoms. The molecular formula is C27H18Cl3N3O8. The van der Waals surface area contributed by atoms with Gasteiger partial charge in [-0.05, 0) is 48.5 Å². The summed E-state index contributed by atoms with van der Waals surface area (Å²) in [6.07, 6.45) is 0. The number of nitrogens with zero attached hydrogens (tertiary/aromatic N) is 3. The third kappa shape index (κ3) is 7.40. The van der Waals surface area contributed by atoms with Gasteiger partial charge < -0.3 is 24.4 Å². The van der Waals surface area contributed by atoms with Gasteiger partial charge in [0.2, 0.25) is 0 Å². The number of aromatic nitrogens is 3. The van der Waals surface area contributed by atoms with Crippen LogP contribution in [0.5, 0.6) is 28.7 Å². The topological polar surface area (TPSA) is 158 Å². The molecule has 0 fully saturated rings. The average Bonchev–Trinajstić information content (AvgIpc) is 2.97. The number of alkyl halides is 3. The van der Waals surface area contributed by atoms with Crippen LogP contribution in [0.2, 0.25) is 0 Å². The van der Waals surface area contributed by atoms with Gasteiger partial charge in [0.25, 0.3) is 0 Å². The first kappa shape index (κ1) is 29.5. The molecule has 2 N–H and O–H groups in total. The van der Waals surface area contributed by atoms with Gasteiger partial charge in [0.15, 0.2) is 17.5 Å². The van der Waals surface area contributed by atoms with Gasteiger partial charge in [-0.15, -0.1) is 34.8 Å². The van der Waals surface area contributed by atoms with Crippen molar-refractivity contribution < 1.29 is 38.8 Å². The largest absolute Gasteiger partial charge is 0.507 e. The smallest absolute Gasteiger partial charge is 0.326 e. The number of esters is 3. The number of aromatic hydroxyl groups is 2. The molecule has 0 bridgehead atoms. The molecule has 0 saturated heterocycles. The summed E-state index contributed by atoms with van der Waals surface area (Å²) >= 11 is 16.4. The number of hydrogen-bond acceptors (Lipinski definition) is 11. The van der Waals surface area contributed by atoms with Gasteiger partial charge in [-0.25, -0.2) is 15.0 Å². The van der Waals surface area contributed by atoms with Crippen LogP contribution in [-0.2, 0) is 14.4 Å². The lowest BCUT2D eigenvalue weighted by atomic mass is 10.1. The van der Waals surface area contributed by atoms with Crippen LogP contribution in [0.1, 0.15) is 0 Å². The average molecular weight is 619 g/mol. The van der Waals surface area contributed by atoms with Crippen molar-refractivity contribution in [3.8, 4) is 62.9 Å². The van der Waals surface area contributed by atoms with E-state index in [1.54, 1.807) is 12.1 Å². The van der Waals surface area contributed by atoms with Crippen molar-refractivity contribution in [3.63, 3.8) is 0 Å². The van der Waals surface area contributed by atoms with E-state index >= 15 is 0 Å². The van der Waals surface area contributed by atoms with E-state index in [1.165, 1.54) is 48.5 Å². The number of carbonyl (C=O) groups is 3. The highest BCUT2D eigenvalue weighted by Gasteiger charge is 2.18. The van der Waals surface area contributed by atoms with Crippen LogP contribution in [-0.4, -0.2) is 60.7 Å². The van der Waals surface area contributed by atoms with Crippen LogP contribution in [0, 0.1) is 0 Å². The molecule has 0 aliphatic heterocycles. The molecule has 14 heteroatoms. The second kappa shape index (κ2) is 13.3. The van der Waals surface area contributed by atoms with E-state index in [9.17, 15) is 24.6 Å². The third-order valence-corrected chi connectivity index (χ3v) is 5.85. The van der Waals surface area contributed by atoms with E-state index in [-0.39, 0.29) is 75.0 Å². The second-order valence-corrected chi connectivity index (χ2v) is 8.81. The zero-order valence-corrected chi connectivity index (χ0v) is 23.0. The molecule has 0 amide bonds. The second-order valence-electron chi connectivity index (χ2n) is 8.01. The van der Waals surface area contributed by atoms with Crippen LogP contribution in [0.4, 0.5) is 0 Å². The molecule has 0 spiro atoms. The molecule has 0 radical (unpaired) electrons. The zero-order chi connectivity index (χ0) is 29.5. The van der Waals surface area contributed by atoms with Crippen molar-refractivity contribution in [1.29, 1.82) is 0 Å². The molecule has 1 heterocycles. The number of phenols is 2. The predicted molar refractivity (Wildman–Crippen MR) is 149 cm³/mol. The molecule has 0 atom stereocenters. The first-order valence-electron chi connectivity index (χ1n) is 11.5. The van der Waals surface area contributed by atoms with Gasteiger partial charge >= 0.3 is 17.9 Å². The van der Waals surface area contributed by atoms with Crippen LogP contribution < -0.4 is 14.2 Å². The van der Waals surface area contributed by atoms with Crippen molar-refractivity contribution in [3.05, 3.63) is 60.7 Å². The van der Waals surface area contributed by atoms with Gasteiger partial charge in [0.1, 0.15) is 46.4 Å². The number of halogens is 3. The fourth-order valence-corrected chi connectivity index (χ4v) is 3.59. The van der Waals surface area contributed by atoms with E-state index in [1.807, 2.05) is 0 Å². The fourth-order valence-electron chi connectivity index (χ4n) is 3.42. The summed E-state index contributed by atoms with van der Waals surface area (Å²) in [5, 5.41) is 21.4. The molecule has 11 nitrogen and oxygen atoms in total. The Balaban J connectivity index is 1.80. The van der Waals surface area contributed by atoms with Gasteiger partial charge in [-0.1, -0.05) is 0 Å². The van der Waals surface area contributed by atoms with Gasteiger partial charge in [0.05, 0.1) is 11.1 Å². The lowest BCUT2D eigenvalue weighted by Crippen LogP contribution is -2.09. The number of carbonyl (C=O) groups excluding carboxylic acids is 3. The lowest BCUT2D eigenvalue weighted by Gasteiger charge is -2.12. The SMILES string of the molecule is O=C(CCl)Oc1ccc(-c2nc(-c3ccc(OC(=O)CCl)cc3O)nc(-c3ccc(OC(=O)CCl)cc3O)n2)cc1. The monoisotopic (exact) mass is 617 g/mol. The summed E-state index contributed by atoms with van der Waals surface area (Å²) in [5.74, 6) is -3.26. The fraction of sp³-hybridized carbons (Fsp3) is 0.111. The summed E-state index contributed by atoms with van der Waals surface area (Å²) in [7, 11) is 0.